The standard InChI is InChI=1S/C10H10N2O3S.CH5NO/c1-12(2)10(13)8-3-7(6-11)4-9(5-8)16(14)15;1-2-3/h3-5H,1-2H3,(H,14,15);2-3H,1H3/p-1. The van der Waals surface area contributed by atoms with Crippen molar-refractivity contribution in [1.29, 1.82) is 5.26 Å². The molecule has 1 aromatic carbocycles. The van der Waals surface area contributed by atoms with Gasteiger partial charge in [-0.15, -0.1) is 0 Å². The van der Waals surface area contributed by atoms with E-state index in [1.807, 2.05) is 6.07 Å². The van der Waals surface area contributed by atoms with E-state index in [4.69, 9.17) is 10.5 Å². The van der Waals surface area contributed by atoms with Crippen LogP contribution in [0.5, 0.6) is 0 Å². The molecule has 0 bridgehead atoms. The number of nitrogens with zero attached hydrogens (tertiary/aromatic N) is 2. The molecule has 0 spiro atoms. The Morgan fingerprint density at radius 1 is 1.47 bits per heavy atom. The molecule has 0 saturated carbocycles. The first-order chi connectivity index (χ1) is 8.87. The van der Waals surface area contributed by atoms with Gasteiger partial charge in [-0.3, -0.25) is 9.00 Å². The van der Waals surface area contributed by atoms with E-state index < -0.39 is 11.1 Å². The number of hydrogen-bond donors (Lipinski definition) is 2. The maximum absolute atomic E-state index is 11.6. The van der Waals surface area contributed by atoms with Crippen molar-refractivity contribution in [3.05, 3.63) is 29.3 Å². The lowest BCUT2D eigenvalue weighted by atomic mass is 10.1. The number of rotatable bonds is 2. The summed E-state index contributed by atoms with van der Waals surface area (Å²) in [5, 5.41) is 16.0. The zero-order valence-corrected chi connectivity index (χ0v) is 11.5. The third-order valence-corrected chi connectivity index (χ3v) is 2.50. The maximum Gasteiger partial charge on any atom is 0.253 e. The highest BCUT2D eigenvalue weighted by Gasteiger charge is 2.10. The van der Waals surface area contributed by atoms with Gasteiger partial charge in [0.1, 0.15) is 0 Å². The molecule has 1 aromatic rings. The largest absolute Gasteiger partial charge is 0.768 e. The van der Waals surface area contributed by atoms with Crippen LogP contribution in [0.2, 0.25) is 0 Å². The molecule has 0 aliphatic carbocycles. The van der Waals surface area contributed by atoms with Crippen molar-refractivity contribution in [2.75, 3.05) is 21.1 Å². The van der Waals surface area contributed by atoms with Gasteiger partial charge < -0.3 is 14.7 Å². The molecule has 1 atom stereocenters. The van der Waals surface area contributed by atoms with Crippen LogP contribution in [0.3, 0.4) is 0 Å². The molecule has 19 heavy (non-hydrogen) atoms. The molecule has 0 aromatic heterocycles. The highest BCUT2D eigenvalue weighted by atomic mass is 32.2. The van der Waals surface area contributed by atoms with Crippen molar-refractivity contribution in [3.63, 3.8) is 0 Å². The van der Waals surface area contributed by atoms with Crippen molar-refractivity contribution >= 4 is 17.0 Å². The lowest BCUT2D eigenvalue weighted by molar-refractivity contribution is 0.0827. The Morgan fingerprint density at radius 2 is 2.00 bits per heavy atom. The Morgan fingerprint density at radius 3 is 2.37 bits per heavy atom. The number of carbonyl (C=O) groups is 1. The summed E-state index contributed by atoms with van der Waals surface area (Å²) in [6.45, 7) is 0. The van der Waals surface area contributed by atoms with Crippen LogP contribution in [-0.4, -0.2) is 45.9 Å². The Kier molecular flexibility index (Phi) is 7.55. The summed E-state index contributed by atoms with van der Waals surface area (Å²) in [6.07, 6.45) is 0. The minimum Gasteiger partial charge on any atom is -0.768 e. The minimum atomic E-state index is -2.45. The fourth-order valence-corrected chi connectivity index (χ4v) is 1.59. The molecule has 8 heteroatoms. The number of nitriles is 1. The minimum absolute atomic E-state index is 0.0655. The van der Waals surface area contributed by atoms with E-state index in [0.29, 0.717) is 0 Å². The molecule has 2 N–H and O–H groups in total. The molecule has 0 fully saturated rings. The second-order valence-electron chi connectivity index (χ2n) is 3.52. The molecule has 0 saturated heterocycles. The second-order valence-corrected chi connectivity index (χ2v) is 4.46. The van der Waals surface area contributed by atoms with Gasteiger partial charge in [-0.05, 0) is 29.3 Å². The summed E-state index contributed by atoms with van der Waals surface area (Å²) in [4.78, 5) is 12.9. The van der Waals surface area contributed by atoms with Gasteiger partial charge in [-0.25, -0.2) is 5.48 Å². The van der Waals surface area contributed by atoms with Gasteiger partial charge in [-0.1, -0.05) is 0 Å². The third kappa shape index (κ3) is 5.58. The Hall–Kier alpha value is -1.79. The molecule has 1 unspecified atom stereocenters. The third-order valence-electron chi connectivity index (χ3n) is 1.88. The highest BCUT2D eigenvalue weighted by Crippen LogP contribution is 2.13. The predicted octanol–water partition coefficient (Wildman–Crippen LogP) is 0.0931. The number of hydroxylamine groups is 1. The average molecular weight is 284 g/mol. The molecule has 0 heterocycles. The molecule has 104 valence electrons. The van der Waals surface area contributed by atoms with Gasteiger partial charge in [0.15, 0.2) is 0 Å². The van der Waals surface area contributed by atoms with E-state index in [0.717, 1.165) is 0 Å². The second kappa shape index (κ2) is 8.34. The first-order valence-electron chi connectivity index (χ1n) is 5.04. The molecule has 0 aliphatic rings. The zero-order valence-electron chi connectivity index (χ0n) is 10.7. The van der Waals surface area contributed by atoms with Gasteiger partial charge in [0.05, 0.1) is 11.6 Å². The van der Waals surface area contributed by atoms with Crippen LogP contribution in [0.15, 0.2) is 23.1 Å². The summed E-state index contributed by atoms with van der Waals surface area (Å²) < 4.78 is 21.6. The first kappa shape index (κ1) is 17.2. The van der Waals surface area contributed by atoms with Crippen molar-refractivity contribution in [1.82, 2.24) is 10.4 Å². The van der Waals surface area contributed by atoms with Crippen molar-refractivity contribution < 1.29 is 18.8 Å². The predicted molar refractivity (Wildman–Crippen MR) is 67.2 cm³/mol. The van der Waals surface area contributed by atoms with Crippen molar-refractivity contribution in [2.45, 2.75) is 4.90 Å². The summed E-state index contributed by atoms with van der Waals surface area (Å²) >= 11 is -2.45. The number of amides is 1. The lowest BCUT2D eigenvalue weighted by Crippen LogP contribution is -2.21. The Labute approximate surface area is 113 Å². The van der Waals surface area contributed by atoms with E-state index in [1.54, 1.807) is 19.6 Å². The van der Waals surface area contributed by atoms with E-state index in [2.05, 4.69) is 0 Å². The van der Waals surface area contributed by atoms with Crippen LogP contribution in [0, 0.1) is 11.3 Å². The molecule has 0 radical (unpaired) electrons. The highest BCUT2D eigenvalue weighted by molar-refractivity contribution is 7.79. The summed E-state index contributed by atoms with van der Waals surface area (Å²) in [6, 6.07) is 5.63. The van der Waals surface area contributed by atoms with Crippen LogP contribution >= 0.6 is 0 Å². The fraction of sp³-hybridized carbons (Fsp3) is 0.273. The van der Waals surface area contributed by atoms with Gasteiger partial charge in [-0.2, -0.15) is 5.26 Å². The number of benzene rings is 1. The van der Waals surface area contributed by atoms with Crippen LogP contribution in [0.25, 0.3) is 0 Å². The van der Waals surface area contributed by atoms with Gasteiger partial charge >= 0.3 is 0 Å². The zero-order chi connectivity index (χ0) is 15.0. The molecule has 0 aliphatic heterocycles. The lowest BCUT2D eigenvalue weighted by Gasteiger charge is -2.12. The Balaban J connectivity index is 0.000000982. The SMILES string of the molecule is CN(C)C(=O)c1cc(C#N)cc(S(=O)[O-])c1.CNO. The monoisotopic (exact) mass is 284 g/mol. The van der Waals surface area contributed by atoms with E-state index in [9.17, 15) is 13.6 Å². The molecule has 1 rings (SSSR count). The van der Waals surface area contributed by atoms with Crippen molar-refractivity contribution in [2.24, 2.45) is 0 Å². The Bertz CT molecular complexity index is 511. The van der Waals surface area contributed by atoms with Crippen LogP contribution < -0.4 is 5.48 Å². The maximum atomic E-state index is 11.6. The van der Waals surface area contributed by atoms with Crippen LogP contribution in [0.1, 0.15) is 15.9 Å². The number of hydrogen-bond acceptors (Lipinski definition) is 6. The van der Waals surface area contributed by atoms with Crippen LogP contribution in [-0.2, 0) is 11.1 Å². The van der Waals surface area contributed by atoms with Gasteiger partial charge in [0.2, 0.25) is 0 Å². The number of nitrogens with one attached hydrogen (secondary N) is 1. The number of carbonyl (C=O) groups excluding carboxylic acids is 1. The van der Waals surface area contributed by atoms with E-state index in [-0.39, 0.29) is 21.9 Å². The summed E-state index contributed by atoms with van der Waals surface area (Å²) in [5.74, 6) is -0.344. The van der Waals surface area contributed by atoms with Crippen molar-refractivity contribution in [3.8, 4) is 6.07 Å². The van der Waals surface area contributed by atoms with Gasteiger partial charge in [0, 0.05) is 31.6 Å². The summed E-state index contributed by atoms with van der Waals surface area (Å²) in [7, 11) is 4.53. The van der Waals surface area contributed by atoms with Gasteiger partial charge in [0.25, 0.3) is 5.91 Å². The smallest absolute Gasteiger partial charge is 0.253 e. The fourth-order valence-electron chi connectivity index (χ4n) is 1.14. The molecular formula is C11H14N3O4S-. The van der Waals surface area contributed by atoms with E-state index in [1.165, 1.54) is 30.1 Å². The molecule has 1 amide bonds. The first-order valence-corrected chi connectivity index (χ1v) is 6.11. The topological polar surface area (TPSA) is 116 Å². The van der Waals surface area contributed by atoms with E-state index >= 15 is 0 Å². The summed E-state index contributed by atoms with van der Waals surface area (Å²) in [5.41, 5.74) is 2.08. The molecule has 7 nitrogen and oxygen atoms in total. The molecular weight excluding hydrogens is 270 g/mol. The quantitative estimate of drug-likeness (QED) is 0.587. The average Bonchev–Trinajstić information content (AvgIpc) is 2.37. The normalized spacial score (nSPS) is 10.7. The van der Waals surface area contributed by atoms with Crippen LogP contribution in [0.4, 0.5) is 0 Å².